The van der Waals surface area contributed by atoms with Crippen LogP contribution in [0.2, 0.25) is 0 Å². The van der Waals surface area contributed by atoms with E-state index in [1.165, 1.54) is 167 Å². The molecule has 0 aromatic heterocycles. The van der Waals surface area contributed by atoms with Crippen LogP contribution in [-0.2, 0) is 0 Å². The molecule has 0 spiro atoms. The molecule has 0 aliphatic heterocycles. The minimum atomic E-state index is 0.608. The molecule has 0 saturated carbocycles. The van der Waals surface area contributed by atoms with Gasteiger partial charge in [0.1, 0.15) is 0 Å². The number of unbranched alkanes of at least 4 members (excludes halogenated alkanes) is 28. The number of thiocarbonyl (C=S) groups is 2. The molecule has 0 rings (SSSR count). The van der Waals surface area contributed by atoms with Crippen molar-refractivity contribution in [2.45, 2.75) is 213 Å². The van der Waals surface area contributed by atoms with Crippen LogP contribution in [-0.4, -0.2) is 35.7 Å². The molecule has 8 heteroatoms. The van der Waals surface area contributed by atoms with Gasteiger partial charge in [-0.05, 0) is 56.5 Å². The van der Waals surface area contributed by atoms with Crippen molar-refractivity contribution in [1.82, 2.24) is 21.5 Å². The first kappa shape index (κ1) is 45.7. The summed E-state index contributed by atoms with van der Waals surface area (Å²) >= 11 is 10.6. The van der Waals surface area contributed by atoms with E-state index in [1.54, 1.807) is 0 Å². The van der Waals surface area contributed by atoms with Crippen molar-refractivity contribution in [3.63, 3.8) is 0 Å². The smallest absolute Gasteiger partial charge is 0.186 e. The molecule has 0 unspecified atom stereocenters. The number of rotatable bonds is 36. The van der Waals surface area contributed by atoms with Crippen molar-refractivity contribution in [2.24, 2.45) is 10.2 Å². The van der Waals surface area contributed by atoms with Gasteiger partial charge in [-0.25, -0.2) is 0 Å². The van der Waals surface area contributed by atoms with Crippen LogP contribution >= 0.6 is 24.4 Å². The van der Waals surface area contributed by atoms with Gasteiger partial charge < -0.3 is 10.6 Å². The van der Waals surface area contributed by atoms with Crippen molar-refractivity contribution in [1.29, 1.82) is 0 Å². The SMILES string of the molecule is CCCCCCCCCCCCCCCCNC(=S)N/N=C\CCC/C=N/NC(=S)NCCCCCCCCCCCCCCCC. The first-order chi connectivity index (χ1) is 23.2. The quantitative estimate of drug-likeness (QED) is 0.0226. The molecule has 0 atom stereocenters. The average Bonchev–Trinajstić information content (AvgIpc) is 3.07. The Labute approximate surface area is 303 Å². The molecule has 276 valence electrons. The topological polar surface area (TPSA) is 72.8 Å². The number of hydrazone groups is 2. The van der Waals surface area contributed by atoms with Gasteiger partial charge >= 0.3 is 0 Å². The predicted molar refractivity (Wildman–Crippen MR) is 219 cm³/mol. The van der Waals surface area contributed by atoms with E-state index in [2.05, 4.69) is 45.5 Å². The zero-order chi connectivity index (χ0) is 34.1. The molecule has 6 nitrogen and oxygen atoms in total. The monoisotopic (exact) mass is 695 g/mol. The molecule has 0 aromatic rings. The Hall–Kier alpha value is -1.28. The normalized spacial score (nSPS) is 11.4. The Bertz CT molecular complexity index is 658. The summed E-state index contributed by atoms with van der Waals surface area (Å²) in [5.74, 6) is 0. The van der Waals surface area contributed by atoms with Crippen molar-refractivity contribution in [3.05, 3.63) is 0 Å². The fourth-order valence-electron chi connectivity index (χ4n) is 5.76. The van der Waals surface area contributed by atoms with E-state index in [4.69, 9.17) is 24.4 Å². The van der Waals surface area contributed by atoms with Crippen molar-refractivity contribution in [2.75, 3.05) is 13.1 Å². The van der Waals surface area contributed by atoms with Gasteiger partial charge in [-0.15, -0.1) is 0 Å². The second kappa shape index (κ2) is 40.9. The Morgan fingerprint density at radius 2 is 0.638 bits per heavy atom. The number of hydrogen-bond acceptors (Lipinski definition) is 4. The highest BCUT2D eigenvalue weighted by Crippen LogP contribution is 2.14. The van der Waals surface area contributed by atoms with Crippen LogP contribution < -0.4 is 21.5 Å². The van der Waals surface area contributed by atoms with E-state index in [9.17, 15) is 0 Å². The number of hydrogen-bond donors (Lipinski definition) is 4. The van der Waals surface area contributed by atoms with E-state index in [-0.39, 0.29) is 0 Å². The zero-order valence-electron chi connectivity index (χ0n) is 31.2. The summed E-state index contributed by atoms with van der Waals surface area (Å²) in [4.78, 5) is 0. The average molecular weight is 695 g/mol. The third-order valence-corrected chi connectivity index (χ3v) is 9.28. The van der Waals surface area contributed by atoms with Crippen LogP contribution in [0.3, 0.4) is 0 Å². The van der Waals surface area contributed by atoms with Crippen LogP contribution in [0.4, 0.5) is 0 Å². The molecule has 0 saturated heterocycles. The van der Waals surface area contributed by atoms with Crippen molar-refractivity contribution in [3.8, 4) is 0 Å². The first-order valence-electron chi connectivity index (χ1n) is 20.3. The highest BCUT2D eigenvalue weighted by Gasteiger charge is 1.97. The lowest BCUT2D eigenvalue weighted by Crippen LogP contribution is -2.32. The summed E-state index contributed by atoms with van der Waals surface area (Å²) in [7, 11) is 0. The maximum absolute atomic E-state index is 5.32. The van der Waals surface area contributed by atoms with Crippen LogP contribution in [0.15, 0.2) is 10.2 Å². The van der Waals surface area contributed by atoms with Gasteiger partial charge in [0.05, 0.1) is 0 Å². The van der Waals surface area contributed by atoms with E-state index in [0.717, 1.165) is 45.2 Å². The van der Waals surface area contributed by atoms with Gasteiger partial charge in [0, 0.05) is 25.5 Å². The van der Waals surface area contributed by atoms with Gasteiger partial charge in [0.15, 0.2) is 10.2 Å². The molecule has 4 N–H and O–H groups in total. The summed E-state index contributed by atoms with van der Waals surface area (Å²) < 4.78 is 0. The highest BCUT2D eigenvalue weighted by molar-refractivity contribution is 7.80. The molecular weight excluding hydrogens is 617 g/mol. The third-order valence-electron chi connectivity index (χ3n) is 8.81. The lowest BCUT2D eigenvalue weighted by Gasteiger charge is -2.07. The molecule has 0 heterocycles. The standard InChI is InChI=1S/C39H78N6S2/c1-3-5-7-9-11-13-15-17-19-21-23-25-27-30-34-40-38(46)44-42-36-32-29-33-37-43-45-39(47)41-35-31-28-26-24-22-20-18-16-14-12-10-8-6-4-2/h36-37H,3-35H2,1-2H3,(H2,40,44,46)(H2,41,45,47)/b42-36-,43-37+. The van der Waals surface area contributed by atoms with Gasteiger partial charge in [-0.1, -0.05) is 181 Å². The largest absolute Gasteiger partial charge is 0.361 e. The Morgan fingerprint density at radius 1 is 0.383 bits per heavy atom. The first-order valence-corrected chi connectivity index (χ1v) is 21.1. The minimum absolute atomic E-state index is 0.608. The Kier molecular flexibility index (Phi) is 39.8. The number of nitrogens with zero attached hydrogens (tertiary/aromatic N) is 2. The van der Waals surface area contributed by atoms with E-state index in [1.807, 2.05) is 12.4 Å². The van der Waals surface area contributed by atoms with Gasteiger partial charge in [-0.3, -0.25) is 10.9 Å². The molecule has 47 heavy (non-hydrogen) atoms. The van der Waals surface area contributed by atoms with Crippen molar-refractivity contribution >= 4 is 47.1 Å². The summed E-state index contributed by atoms with van der Waals surface area (Å²) in [5.41, 5.74) is 5.84. The fourth-order valence-corrected chi connectivity index (χ4v) is 6.07. The second-order valence-electron chi connectivity index (χ2n) is 13.5. The fraction of sp³-hybridized carbons (Fsp3) is 0.897. The molecular formula is C39H78N6S2. The van der Waals surface area contributed by atoms with Gasteiger partial charge in [-0.2, -0.15) is 10.2 Å². The van der Waals surface area contributed by atoms with Gasteiger partial charge in [0.25, 0.3) is 0 Å². The third kappa shape index (κ3) is 40.8. The lowest BCUT2D eigenvalue weighted by molar-refractivity contribution is 0.535. The molecule has 0 fully saturated rings. The maximum atomic E-state index is 5.32. The summed E-state index contributed by atoms with van der Waals surface area (Å²) in [6.07, 6.45) is 45.1. The molecule has 0 bridgehead atoms. The highest BCUT2D eigenvalue weighted by atomic mass is 32.1. The molecule has 0 radical (unpaired) electrons. The lowest BCUT2D eigenvalue weighted by atomic mass is 10.0. The molecule has 0 aliphatic rings. The maximum Gasteiger partial charge on any atom is 0.186 e. The van der Waals surface area contributed by atoms with Crippen LogP contribution in [0, 0.1) is 0 Å². The summed E-state index contributed by atoms with van der Waals surface area (Å²) in [6, 6.07) is 0. The van der Waals surface area contributed by atoms with E-state index in [0.29, 0.717) is 10.2 Å². The van der Waals surface area contributed by atoms with E-state index < -0.39 is 0 Å². The van der Waals surface area contributed by atoms with Crippen LogP contribution in [0.1, 0.15) is 213 Å². The second-order valence-corrected chi connectivity index (χ2v) is 14.3. The minimum Gasteiger partial charge on any atom is -0.361 e. The van der Waals surface area contributed by atoms with Crippen LogP contribution in [0.25, 0.3) is 0 Å². The van der Waals surface area contributed by atoms with Crippen molar-refractivity contribution < 1.29 is 0 Å². The van der Waals surface area contributed by atoms with Gasteiger partial charge in [0.2, 0.25) is 0 Å². The predicted octanol–water partition coefficient (Wildman–Crippen LogP) is 12.0. The molecule has 0 aromatic carbocycles. The Balaban J connectivity index is 3.36. The molecule has 0 amide bonds. The van der Waals surface area contributed by atoms with Crippen LogP contribution in [0.5, 0.6) is 0 Å². The van der Waals surface area contributed by atoms with E-state index >= 15 is 0 Å². The summed E-state index contributed by atoms with van der Waals surface area (Å²) in [6.45, 7) is 6.41. The zero-order valence-corrected chi connectivity index (χ0v) is 32.8. The Morgan fingerprint density at radius 3 is 0.915 bits per heavy atom. The molecule has 0 aliphatic carbocycles. The number of nitrogens with one attached hydrogen (secondary N) is 4. The summed E-state index contributed by atoms with van der Waals surface area (Å²) in [5, 5.41) is 16.2.